The van der Waals surface area contributed by atoms with Crippen molar-refractivity contribution >= 4 is 23.4 Å². The van der Waals surface area contributed by atoms with Gasteiger partial charge >= 0.3 is 0 Å². The van der Waals surface area contributed by atoms with E-state index < -0.39 is 0 Å². The van der Waals surface area contributed by atoms with E-state index in [1.54, 1.807) is 41.7 Å². The van der Waals surface area contributed by atoms with E-state index in [2.05, 4.69) is 29.9 Å². The lowest BCUT2D eigenvalue weighted by molar-refractivity contribution is 0.819. The van der Waals surface area contributed by atoms with Crippen molar-refractivity contribution in [2.75, 3.05) is 0 Å². The number of nitrogens with zero attached hydrogens (tertiary/aromatic N) is 7. The fourth-order valence-corrected chi connectivity index (χ4v) is 2.14. The molecule has 0 radical (unpaired) electrons. The zero-order valence-corrected chi connectivity index (χ0v) is 11.0. The van der Waals surface area contributed by atoms with Crippen LogP contribution in [-0.4, -0.2) is 34.5 Å². The quantitative estimate of drug-likeness (QED) is 0.679. The molecule has 0 fully saturated rings. The molecule has 0 bridgehead atoms. The molecule has 0 N–H and O–H groups in total. The number of hydrogen-bond donors (Lipinski definition) is 0. The van der Waals surface area contributed by atoms with Crippen molar-refractivity contribution in [1.29, 1.82) is 0 Å². The molecule has 94 valence electrons. The lowest BCUT2D eigenvalue weighted by atomic mass is 10.7. The van der Waals surface area contributed by atoms with Gasteiger partial charge in [0.05, 0.1) is 0 Å². The summed E-state index contributed by atoms with van der Waals surface area (Å²) in [4.78, 5) is 24.4. The molecule has 0 unspecified atom stereocenters. The van der Waals surface area contributed by atoms with Gasteiger partial charge in [0.2, 0.25) is 16.4 Å². The maximum Gasteiger partial charge on any atom is 0.240 e. The first-order chi connectivity index (χ1) is 9.31. The molecule has 0 aliphatic carbocycles. The Labute approximate surface area is 117 Å². The van der Waals surface area contributed by atoms with Crippen LogP contribution in [0, 0.1) is 0 Å². The molecule has 9 heteroatoms. The molecule has 0 saturated heterocycles. The van der Waals surface area contributed by atoms with Crippen LogP contribution in [0.25, 0.3) is 5.95 Å². The molecule has 0 atom stereocenters. The zero-order chi connectivity index (χ0) is 13.1. The van der Waals surface area contributed by atoms with Crippen molar-refractivity contribution in [3.8, 4) is 5.95 Å². The first-order valence-corrected chi connectivity index (χ1v) is 6.35. The molecule has 3 heterocycles. The maximum atomic E-state index is 5.88. The summed E-state index contributed by atoms with van der Waals surface area (Å²) in [6.45, 7) is 0. The SMILES string of the molecule is Clc1nc(Sc2ncccn2)nc(-n2ccnc2)n1. The highest BCUT2D eigenvalue weighted by Crippen LogP contribution is 2.21. The minimum absolute atomic E-state index is 0.108. The topological polar surface area (TPSA) is 82.3 Å². The molecule has 0 saturated carbocycles. The Morgan fingerprint density at radius 1 is 1.00 bits per heavy atom. The summed E-state index contributed by atoms with van der Waals surface area (Å²) in [5.74, 6) is 0.399. The number of aromatic nitrogens is 7. The van der Waals surface area contributed by atoms with Gasteiger partial charge in [-0.25, -0.2) is 15.0 Å². The third-order valence-corrected chi connectivity index (χ3v) is 2.96. The fraction of sp³-hybridized carbons (Fsp3) is 0. The Morgan fingerprint density at radius 3 is 2.58 bits per heavy atom. The van der Waals surface area contributed by atoms with Gasteiger partial charge in [0.25, 0.3) is 0 Å². The minimum atomic E-state index is 0.108. The molecular weight excluding hydrogens is 286 g/mol. The third-order valence-electron chi connectivity index (χ3n) is 2.04. The van der Waals surface area contributed by atoms with Crippen LogP contribution in [0.1, 0.15) is 0 Å². The Balaban J connectivity index is 1.94. The lowest BCUT2D eigenvalue weighted by Crippen LogP contribution is -2.02. The van der Waals surface area contributed by atoms with E-state index in [-0.39, 0.29) is 5.28 Å². The molecule has 19 heavy (non-hydrogen) atoms. The van der Waals surface area contributed by atoms with Gasteiger partial charge in [-0.3, -0.25) is 4.57 Å². The second-order valence-corrected chi connectivity index (χ2v) is 4.56. The van der Waals surface area contributed by atoms with Gasteiger partial charge in [-0.15, -0.1) is 0 Å². The number of imidazole rings is 1. The molecule has 0 aliphatic heterocycles. The van der Waals surface area contributed by atoms with Gasteiger partial charge in [-0.05, 0) is 29.4 Å². The van der Waals surface area contributed by atoms with Crippen LogP contribution in [-0.2, 0) is 0 Å². The molecule has 3 rings (SSSR count). The largest absolute Gasteiger partial charge is 0.274 e. The van der Waals surface area contributed by atoms with Crippen LogP contribution in [0.3, 0.4) is 0 Å². The Hall–Kier alpha value is -2.06. The van der Waals surface area contributed by atoms with Crippen LogP contribution in [0.2, 0.25) is 5.28 Å². The zero-order valence-electron chi connectivity index (χ0n) is 9.38. The number of rotatable bonds is 3. The van der Waals surface area contributed by atoms with Crippen LogP contribution >= 0.6 is 23.4 Å². The van der Waals surface area contributed by atoms with Gasteiger partial charge in [0.15, 0.2) is 5.16 Å². The molecule has 0 amide bonds. The van der Waals surface area contributed by atoms with Crippen LogP contribution in [0.4, 0.5) is 0 Å². The molecule has 3 aromatic rings. The van der Waals surface area contributed by atoms with Crippen molar-refractivity contribution < 1.29 is 0 Å². The normalized spacial score (nSPS) is 10.6. The fourth-order valence-electron chi connectivity index (χ4n) is 1.28. The highest BCUT2D eigenvalue weighted by atomic mass is 35.5. The van der Waals surface area contributed by atoms with E-state index in [1.807, 2.05) is 0 Å². The van der Waals surface area contributed by atoms with Crippen molar-refractivity contribution in [2.24, 2.45) is 0 Å². The van der Waals surface area contributed by atoms with Crippen molar-refractivity contribution in [3.05, 3.63) is 42.5 Å². The summed E-state index contributed by atoms with van der Waals surface area (Å²) in [7, 11) is 0. The average molecular weight is 292 g/mol. The van der Waals surface area contributed by atoms with Gasteiger partial charge in [-0.1, -0.05) is 0 Å². The predicted octanol–water partition coefficient (Wildman–Crippen LogP) is 1.65. The van der Waals surface area contributed by atoms with Crippen molar-refractivity contribution in [2.45, 2.75) is 10.3 Å². The van der Waals surface area contributed by atoms with E-state index in [0.29, 0.717) is 16.3 Å². The van der Waals surface area contributed by atoms with E-state index >= 15 is 0 Å². The second kappa shape index (κ2) is 5.29. The second-order valence-electron chi connectivity index (χ2n) is 3.29. The molecule has 0 spiro atoms. The van der Waals surface area contributed by atoms with E-state index in [9.17, 15) is 0 Å². The Kier molecular flexibility index (Phi) is 3.34. The predicted molar refractivity (Wildman–Crippen MR) is 68.1 cm³/mol. The first kappa shape index (κ1) is 12.0. The van der Waals surface area contributed by atoms with Crippen LogP contribution in [0.15, 0.2) is 47.5 Å². The van der Waals surface area contributed by atoms with Crippen LogP contribution < -0.4 is 0 Å². The molecule has 0 aliphatic rings. The summed E-state index contributed by atoms with van der Waals surface area (Å²) < 4.78 is 1.64. The smallest absolute Gasteiger partial charge is 0.240 e. The summed E-state index contributed by atoms with van der Waals surface area (Å²) in [6, 6.07) is 1.74. The van der Waals surface area contributed by atoms with Gasteiger partial charge in [-0.2, -0.15) is 15.0 Å². The summed E-state index contributed by atoms with van der Waals surface area (Å²) in [5.41, 5.74) is 0. The summed E-state index contributed by atoms with van der Waals surface area (Å²) in [6.07, 6.45) is 8.23. The molecule has 7 nitrogen and oxygen atoms in total. The van der Waals surface area contributed by atoms with Crippen LogP contribution in [0.5, 0.6) is 0 Å². The summed E-state index contributed by atoms with van der Waals surface area (Å²) >= 11 is 7.09. The third kappa shape index (κ3) is 2.85. The van der Waals surface area contributed by atoms with Gasteiger partial charge < -0.3 is 0 Å². The van der Waals surface area contributed by atoms with Gasteiger partial charge in [0.1, 0.15) is 6.33 Å². The molecular formula is C10H6ClN7S. The minimum Gasteiger partial charge on any atom is -0.274 e. The summed E-state index contributed by atoms with van der Waals surface area (Å²) in [5, 5.41) is 1.08. The Morgan fingerprint density at radius 2 is 1.84 bits per heavy atom. The molecule has 0 aromatic carbocycles. The van der Waals surface area contributed by atoms with Crippen molar-refractivity contribution in [3.63, 3.8) is 0 Å². The lowest BCUT2D eigenvalue weighted by Gasteiger charge is -2.03. The van der Waals surface area contributed by atoms with E-state index in [4.69, 9.17) is 11.6 Å². The van der Waals surface area contributed by atoms with E-state index in [0.717, 1.165) is 0 Å². The van der Waals surface area contributed by atoms with E-state index in [1.165, 1.54) is 11.8 Å². The van der Waals surface area contributed by atoms with Crippen molar-refractivity contribution in [1.82, 2.24) is 34.5 Å². The highest BCUT2D eigenvalue weighted by Gasteiger charge is 2.09. The maximum absolute atomic E-state index is 5.88. The van der Waals surface area contributed by atoms with Gasteiger partial charge in [0, 0.05) is 24.8 Å². The highest BCUT2D eigenvalue weighted by molar-refractivity contribution is 7.99. The average Bonchev–Trinajstić information content (AvgIpc) is 2.93. The standard InChI is InChI=1S/C10H6ClN7S/c11-7-15-8(18-5-4-12-6-18)17-10(16-7)19-9-13-2-1-3-14-9/h1-6H. The Bertz CT molecular complexity index is 674. The molecule has 3 aromatic heterocycles. The monoisotopic (exact) mass is 291 g/mol. The number of hydrogen-bond acceptors (Lipinski definition) is 7. The number of halogens is 1. The first-order valence-electron chi connectivity index (χ1n) is 5.16.